The lowest BCUT2D eigenvalue weighted by molar-refractivity contribution is -0.120. The van der Waals surface area contributed by atoms with Crippen LogP contribution < -0.4 is 10.6 Å². The lowest BCUT2D eigenvalue weighted by Crippen LogP contribution is -2.34. The lowest BCUT2D eigenvalue weighted by Gasteiger charge is -2.19. The number of rotatable bonds is 9. The first-order valence-electron chi connectivity index (χ1n) is 12.2. The molecule has 8 heteroatoms. The molecule has 2 heterocycles. The maximum Gasteiger partial charge on any atom is 0.254 e. The molecule has 0 spiro atoms. The van der Waals surface area contributed by atoms with Crippen molar-refractivity contribution in [3.05, 3.63) is 41.1 Å². The van der Waals surface area contributed by atoms with Gasteiger partial charge in [-0.15, -0.1) is 0 Å². The van der Waals surface area contributed by atoms with Gasteiger partial charge in [-0.2, -0.15) is 5.10 Å². The third-order valence-corrected chi connectivity index (χ3v) is 6.79. The van der Waals surface area contributed by atoms with Gasteiger partial charge >= 0.3 is 0 Å². The zero-order valence-corrected chi connectivity index (χ0v) is 20.7. The Morgan fingerprint density at radius 3 is 2.68 bits per heavy atom. The maximum absolute atomic E-state index is 13.3. The molecule has 1 saturated carbocycles. The van der Waals surface area contributed by atoms with Crippen molar-refractivity contribution in [1.82, 2.24) is 25.3 Å². The summed E-state index contributed by atoms with van der Waals surface area (Å²) in [6, 6.07) is 4.50. The predicted molar refractivity (Wildman–Crippen MR) is 135 cm³/mol. The molecule has 0 saturated heterocycles. The number of carbonyl (C=O) groups is 2. The largest absolute Gasteiger partial charge is 0.351 e. The van der Waals surface area contributed by atoms with E-state index < -0.39 is 5.92 Å². The van der Waals surface area contributed by atoms with Crippen LogP contribution >= 0.6 is 0 Å². The molecule has 2 amide bonds. The molecule has 182 valence electrons. The average molecular weight is 465 g/mol. The number of nitrogens with one attached hydrogen (secondary N) is 2. The minimum atomic E-state index is -0.416. The maximum atomic E-state index is 13.3. The number of aromatic nitrogens is 2. The first kappa shape index (κ1) is 24.3. The Morgan fingerprint density at radius 1 is 1.21 bits per heavy atom. The first-order chi connectivity index (χ1) is 16.3. The number of hydrogen-bond donors (Lipinski definition) is 2. The van der Waals surface area contributed by atoms with E-state index in [1.54, 1.807) is 0 Å². The number of nitrogens with zero attached hydrogens (tertiary/aromatic N) is 4. The highest BCUT2D eigenvalue weighted by Gasteiger charge is 2.26. The molecule has 1 aromatic heterocycles. The Balaban J connectivity index is 1.57. The Kier molecular flexibility index (Phi) is 7.58. The normalized spacial score (nSPS) is 19.1. The van der Waals surface area contributed by atoms with Crippen molar-refractivity contribution in [3.8, 4) is 0 Å². The summed E-state index contributed by atoms with van der Waals surface area (Å²) in [7, 11) is 4.11. The number of dihydropyridines is 1. The Labute approximate surface area is 201 Å². The summed E-state index contributed by atoms with van der Waals surface area (Å²) in [6.07, 6.45) is 8.40. The third kappa shape index (κ3) is 5.45. The van der Waals surface area contributed by atoms with E-state index in [4.69, 9.17) is 5.10 Å². The molecule has 1 aromatic carbocycles. The average Bonchev–Trinajstić information content (AvgIpc) is 3.44. The number of hydrogen-bond acceptors (Lipinski definition) is 5. The number of fused-ring (bicyclic) bond motifs is 1. The molecule has 0 bridgehead atoms. The molecular weight excluding hydrogens is 428 g/mol. The summed E-state index contributed by atoms with van der Waals surface area (Å²) in [6.45, 7) is 6.45. The SMILES string of the molecule is CC1=CC(C)=NC(=O)C1CNC(=O)c1cc(CNCCN(C)C)cc2c1cnn2C1CCCC1. The van der Waals surface area contributed by atoms with Gasteiger partial charge < -0.3 is 15.5 Å². The number of allylic oxidation sites excluding steroid dienone is 1. The van der Waals surface area contributed by atoms with Crippen molar-refractivity contribution in [2.24, 2.45) is 10.9 Å². The number of amides is 2. The van der Waals surface area contributed by atoms with Gasteiger partial charge in [0, 0.05) is 37.3 Å². The quantitative estimate of drug-likeness (QED) is 0.557. The van der Waals surface area contributed by atoms with Gasteiger partial charge in [-0.1, -0.05) is 18.4 Å². The van der Waals surface area contributed by atoms with E-state index in [0.717, 1.165) is 48.0 Å². The number of aliphatic imine (C=N–C) groups is 1. The summed E-state index contributed by atoms with van der Waals surface area (Å²) in [5.41, 5.74) is 4.31. The standard InChI is InChI=1S/C26H36N6O2/c1-17-11-18(2)30-26(34)22(17)15-28-25(33)21-12-19(14-27-9-10-31(3)4)13-24-23(21)16-29-32(24)20-7-5-6-8-20/h11-13,16,20,22,27H,5-10,14-15H2,1-4H3,(H,28,33). The molecule has 2 aromatic rings. The molecule has 1 unspecified atom stereocenters. The van der Waals surface area contributed by atoms with Gasteiger partial charge in [0.15, 0.2) is 0 Å². The highest BCUT2D eigenvalue weighted by Crippen LogP contribution is 2.33. The minimum Gasteiger partial charge on any atom is -0.351 e. The van der Waals surface area contributed by atoms with Gasteiger partial charge in [-0.25, -0.2) is 4.99 Å². The van der Waals surface area contributed by atoms with Crippen LogP contribution in [0.1, 0.15) is 61.5 Å². The van der Waals surface area contributed by atoms with Crippen molar-refractivity contribution in [2.45, 2.75) is 52.1 Å². The zero-order chi connectivity index (χ0) is 24.2. The van der Waals surface area contributed by atoms with Crippen molar-refractivity contribution in [3.63, 3.8) is 0 Å². The van der Waals surface area contributed by atoms with Crippen LogP contribution in [-0.4, -0.2) is 65.9 Å². The Morgan fingerprint density at radius 2 is 1.97 bits per heavy atom. The van der Waals surface area contributed by atoms with E-state index in [9.17, 15) is 9.59 Å². The highest BCUT2D eigenvalue weighted by atomic mass is 16.2. The molecule has 34 heavy (non-hydrogen) atoms. The molecular formula is C26H36N6O2. The van der Waals surface area contributed by atoms with E-state index in [2.05, 4.69) is 45.4 Å². The van der Waals surface area contributed by atoms with Crippen LogP contribution in [0.3, 0.4) is 0 Å². The van der Waals surface area contributed by atoms with E-state index in [-0.39, 0.29) is 18.4 Å². The van der Waals surface area contributed by atoms with E-state index in [0.29, 0.717) is 23.9 Å². The van der Waals surface area contributed by atoms with Gasteiger partial charge in [0.25, 0.3) is 11.8 Å². The second kappa shape index (κ2) is 10.6. The van der Waals surface area contributed by atoms with Crippen molar-refractivity contribution >= 4 is 28.4 Å². The van der Waals surface area contributed by atoms with Crippen LogP contribution in [0, 0.1) is 5.92 Å². The molecule has 0 radical (unpaired) electrons. The molecule has 2 N–H and O–H groups in total. The van der Waals surface area contributed by atoms with Crippen LogP contribution in [-0.2, 0) is 11.3 Å². The fraction of sp³-hybridized carbons (Fsp3) is 0.538. The fourth-order valence-electron chi connectivity index (χ4n) is 4.92. The number of benzene rings is 1. The van der Waals surface area contributed by atoms with E-state index in [1.165, 1.54) is 12.8 Å². The Bertz CT molecular complexity index is 1120. The van der Waals surface area contributed by atoms with Gasteiger partial charge in [-0.3, -0.25) is 14.3 Å². The van der Waals surface area contributed by atoms with Crippen LogP contribution in [0.2, 0.25) is 0 Å². The smallest absolute Gasteiger partial charge is 0.254 e. The summed E-state index contributed by atoms with van der Waals surface area (Å²) in [4.78, 5) is 31.9. The van der Waals surface area contributed by atoms with Crippen LogP contribution in [0.4, 0.5) is 0 Å². The van der Waals surface area contributed by atoms with Crippen molar-refractivity contribution in [1.29, 1.82) is 0 Å². The first-order valence-corrected chi connectivity index (χ1v) is 12.2. The zero-order valence-electron chi connectivity index (χ0n) is 20.7. The highest BCUT2D eigenvalue weighted by molar-refractivity contribution is 6.08. The second-order valence-electron chi connectivity index (χ2n) is 9.83. The van der Waals surface area contributed by atoms with Gasteiger partial charge in [0.05, 0.1) is 29.2 Å². The number of carbonyl (C=O) groups excluding carboxylic acids is 2. The molecule has 1 aliphatic carbocycles. The molecule has 4 rings (SSSR count). The summed E-state index contributed by atoms with van der Waals surface area (Å²) < 4.78 is 2.11. The van der Waals surface area contributed by atoms with Crippen molar-refractivity contribution < 1.29 is 9.59 Å². The van der Waals surface area contributed by atoms with E-state index in [1.807, 2.05) is 32.2 Å². The van der Waals surface area contributed by atoms with Gasteiger partial charge in [0.2, 0.25) is 0 Å². The van der Waals surface area contributed by atoms with Crippen LogP contribution in [0.15, 0.2) is 35.0 Å². The minimum absolute atomic E-state index is 0.182. The van der Waals surface area contributed by atoms with Crippen molar-refractivity contribution in [2.75, 3.05) is 33.7 Å². The van der Waals surface area contributed by atoms with Gasteiger partial charge in [0.1, 0.15) is 0 Å². The fourth-order valence-corrected chi connectivity index (χ4v) is 4.92. The van der Waals surface area contributed by atoms with Crippen LogP contribution in [0.25, 0.3) is 10.9 Å². The topological polar surface area (TPSA) is 91.6 Å². The molecule has 1 atom stereocenters. The van der Waals surface area contributed by atoms with Gasteiger partial charge in [-0.05, 0) is 64.6 Å². The van der Waals surface area contributed by atoms with E-state index >= 15 is 0 Å². The summed E-state index contributed by atoms with van der Waals surface area (Å²) >= 11 is 0. The molecule has 1 fully saturated rings. The van der Waals surface area contributed by atoms with Crippen LogP contribution in [0.5, 0.6) is 0 Å². The molecule has 2 aliphatic rings. The lowest BCUT2D eigenvalue weighted by atomic mass is 9.95. The predicted octanol–water partition coefficient (Wildman–Crippen LogP) is 3.10. The monoisotopic (exact) mass is 464 g/mol. The third-order valence-electron chi connectivity index (χ3n) is 6.79. The molecule has 8 nitrogen and oxygen atoms in total. The summed E-state index contributed by atoms with van der Waals surface area (Å²) in [5, 5.41) is 12.0. The Hall–Kier alpha value is -2.84. The number of likely N-dealkylation sites (N-methyl/N-ethyl adjacent to an activating group) is 1. The second-order valence-corrected chi connectivity index (χ2v) is 9.83. The molecule has 1 aliphatic heterocycles. The summed E-state index contributed by atoms with van der Waals surface area (Å²) in [5.74, 6) is -0.797.